The van der Waals surface area contributed by atoms with Crippen LogP contribution in [-0.4, -0.2) is 16.5 Å². The number of aliphatic hydroxyl groups is 1. The Balaban J connectivity index is 1.77. The Morgan fingerprint density at radius 3 is 2.58 bits per heavy atom. The number of rotatable bonds is 5. The summed E-state index contributed by atoms with van der Waals surface area (Å²) in [4.78, 5) is 1.32. The van der Waals surface area contributed by atoms with Crippen LogP contribution in [0.4, 0.5) is 0 Å². The van der Waals surface area contributed by atoms with Gasteiger partial charge < -0.3 is 5.11 Å². The molecule has 0 radical (unpaired) electrons. The second-order valence-electron chi connectivity index (χ2n) is 8.02. The molecule has 1 N–H and O–H groups in total. The average molecular weight is 342 g/mol. The third-order valence-electron chi connectivity index (χ3n) is 6.17. The molecule has 0 aromatic heterocycles. The normalized spacial score (nSPS) is 35.8. The van der Waals surface area contributed by atoms with Crippen molar-refractivity contribution >= 4 is 11.8 Å². The molecule has 0 saturated heterocycles. The van der Waals surface area contributed by atoms with Gasteiger partial charge in [-0.2, -0.15) is 5.26 Å². The molecule has 3 heteroatoms. The predicted molar refractivity (Wildman–Crippen MR) is 99.5 cm³/mol. The van der Waals surface area contributed by atoms with Crippen LogP contribution in [0.1, 0.15) is 33.6 Å². The number of nitrogens with zero attached hydrogens (tertiary/aromatic N) is 1. The van der Waals surface area contributed by atoms with E-state index in [0.29, 0.717) is 30.1 Å². The van der Waals surface area contributed by atoms with E-state index < -0.39 is 11.0 Å². The Hall–Kier alpha value is -1.24. The fourth-order valence-corrected chi connectivity index (χ4v) is 5.82. The molecule has 3 aliphatic rings. The maximum Gasteiger partial charge on any atom is 0.160 e. The zero-order chi connectivity index (χ0) is 17.4. The fourth-order valence-electron chi connectivity index (χ4n) is 4.45. The lowest BCUT2D eigenvalue weighted by Crippen LogP contribution is -2.56. The van der Waals surface area contributed by atoms with E-state index in [9.17, 15) is 10.4 Å². The summed E-state index contributed by atoms with van der Waals surface area (Å²) in [7, 11) is 0. The van der Waals surface area contributed by atoms with Crippen molar-refractivity contribution in [2.75, 3.05) is 5.75 Å². The molecule has 24 heavy (non-hydrogen) atoms. The summed E-state index contributed by atoms with van der Waals surface area (Å²) in [5, 5.41) is 20.2. The van der Waals surface area contributed by atoms with Gasteiger partial charge >= 0.3 is 0 Å². The molecule has 2 nitrogen and oxygen atoms in total. The van der Waals surface area contributed by atoms with E-state index >= 15 is 0 Å². The molecule has 0 heterocycles. The zero-order valence-corrected chi connectivity index (χ0v) is 15.6. The molecule has 3 aliphatic carbocycles. The van der Waals surface area contributed by atoms with E-state index in [0.717, 1.165) is 12.2 Å². The van der Waals surface area contributed by atoms with Crippen LogP contribution in [-0.2, 0) is 0 Å². The Bertz CT molecular complexity index is 650. The number of allylic oxidation sites excluding steroid dienone is 1. The van der Waals surface area contributed by atoms with Crippen molar-refractivity contribution in [2.45, 2.75) is 44.1 Å². The van der Waals surface area contributed by atoms with Crippen molar-refractivity contribution in [1.82, 2.24) is 0 Å². The van der Waals surface area contributed by atoms with Gasteiger partial charge in [-0.15, -0.1) is 11.8 Å². The molecule has 0 spiro atoms. The van der Waals surface area contributed by atoms with Crippen LogP contribution < -0.4 is 0 Å². The molecule has 1 saturated carbocycles. The van der Waals surface area contributed by atoms with Crippen LogP contribution in [0.15, 0.2) is 47.4 Å². The molecular weight excluding hydrogens is 314 g/mol. The van der Waals surface area contributed by atoms with Crippen molar-refractivity contribution in [2.24, 2.45) is 29.1 Å². The first kappa shape index (κ1) is 17.6. The van der Waals surface area contributed by atoms with E-state index in [4.69, 9.17) is 0 Å². The van der Waals surface area contributed by atoms with Crippen molar-refractivity contribution in [3.05, 3.63) is 42.5 Å². The van der Waals surface area contributed by atoms with Gasteiger partial charge in [0.05, 0.1) is 6.07 Å². The zero-order valence-electron chi connectivity index (χ0n) is 14.8. The first-order valence-electron chi connectivity index (χ1n) is 8.89. The van der Waals surface area contributed by atoms with Crippen molar-refractivity contribution < 1.29 is 5.11 Å². The van der Waals surface area contributed by atoms with Crippen LogP contribution in [0.5, 0.6) is 0 Å². The highest BCUT2D eigenvalue weighted by Crippen LogP contribution is 2.57. The number of thioether (sulfide) groups is 1. The molecule has 0 aliphatic heterocycles. The number of hydrogen-bond donors (Lipinski definition) is 1. The number of hydrogen-bond acceptors (Lipinski definition) is 3. The van der Waals surface area contributed by atoms with E-state index in [1.54, 1.807) is 0 Å². The second-order valence-corrected chi connectivity index (χ2v) is 9.11. The molecule has 0 amide bonds. The molecule has 5 atom stereocenters. The monoisotopic (exact) mass is 341 g/mol. The molecule has 4 rings (SSSR count). The van der Waals surface area contributed by atoms with Gasteiger partial charge in [0.15, 0.2) is 5.60 Å². The van der Waals surface area contributed by atoms with Crippen molar-refractivity contribution in [3.63, 3.8) is 0 Å². The predicted octanol–water partition coefficient (Wildman–Crippen LogP) is 4.91. The Labute approximate surface area is 150 Å². The van der Waals surface area contributed by atoms with Gasteiger partial charge in [0, 0.05) is 16.1 Å². The summed E-state index contributed by atoms with van der Waals surface area (Å²) < 4.78 is 0. The maximum atomic E-state index is 10.8. The standard InChI is InChI=1S/C21H27NOS/c1-15(2)19(13-24-17-7-5-4-6-8-17)18-12-20(3)10-9-16(18)11-21(20,23)14-22/h4-10,15-16,18-19,23H,11-13H2,1-3H3/t16-,18-,19-,20+,21+/m0/s1. The smallest absolute Gasteiger partial charge is 0.160 e. The van der Waals surface area contributed by atoms with Gasteiger partial charge in [0.1, 0.15) is 0 Å². The lowest BCUT2D eigenvalue weighted by molar-refractivity contribution is -0.0877. The Morgan fingerprint density at radius 2 is 2.00 bits per heavy atom. The highest BCUT2D eigenvalue weighted by Gasteiger charge is 2.57. The number of benzene rings is 1. The molecule has 1 aromatic rings. The Morgan fingerprint density at radius 1 is 1.29 bits per heavy atom. The van der Waals surface area contributed by atoms with Crippen molar-refractivity contribution in [3.8, 4) is 6.07 Å². The van der Waals surface area contributed by atoms with Crippen LogP contribution >= 0.6 is 11.8 Å². The minimum atomic E-state index is -1.20. The lowest BCUT2D eigenvalue weighted by Gasteiger charge is -2.54. The molecule has 128 valence electrons. The van der Waals surface area contributed by atoms with Crippen LogP contribution in [0.3, 0.4) is 0 Å². The largest absolute Gasteiger partial charge is 0.374 e. The van der Waals surface area contributed by atoms with Gasteiger partial charge in [-0.1, -0.05) is 51.1 Å². The molecule has 1 fully saturated rings. The van der Waals surface area contributed by atoms with Gasteiger partial charge in [0.25, 0.3) is 0 Å². The van der Waals surface area contributed by atoms with Crippen LogP contribution in [0.25, 0.3) is 0 Å². The number of fused-ring (bicyclic) bond motifs is 2. The summed E-state index contributed by atoms with van der Waals surface area (Å²) in [5.41, 5.74) is -1.61. The second kappa shape index (κ2) is 6.58. The van der Waals surface area contributed by atoms with Crippen LogP contribution in [0.2, 0.25) is 0 Å². The average Bonchev–Trinajstić information content (AvgIpc) is 2.57. The van der Waals surface area contributed by atoms with Gasteiger partial charge in [-0.05, 0) is 48.6 Å². The first-order valence-corrected chi connectivity index (χ1v) is 9.88. The minimum absolute atomic E-state index is 0.320. The summed E-state index contributed by atoms with van der Waals surface area (Å²) >= 11 is 1.93. The summed E-state index contributed by atoms with van der Waals surface area (Å²) in [5.74, 6) is 3.15. The minimum Gasteiger partial charge on any atom is -0.374 e. The van der Waals surface area contributed by atoms with E-state index in [1.807, 2.05) is 11.8 Å². The summed E-state index contributed by atoms with van der Waals surface area (Å²) in [6, 6.07) is 12.8. The molecule has 2 bridgehead atoms. The van der Waals surface area contributed by atoms with Crippen molar-refractivity contribution in [1.29, 1.82) is 5.26 Å². The fraction of sp³-hybridized carbons (Fsp3) is 0.571. The third-order valence-corrected chi connectivity index (χ3v) is 7.33. The maximum absolute atomic E-state index is 10.8. The van der Waals surface area contributed by atoms with Gasteiger partial charge in [-0.3, -0.25) is 0 Å². The third kappa shape index (κ3) is 3.03. The highest BCUT2D eigenvalue weighted by molar-refractivity contribution is 7.99. The SMILES string of the molecule is CC(C)[C@H](CSc1ccccc1)[C@H]1C[C@@]2(C)C=C[C@H]1C[C@@]2(O)C#N. The highest BCUT2D eigenvalue weighted by atomic mass is 32.2. The topological polar surface area (TPSA) is 44.0 Å². The Kier molecular flexibility index (Phi) is 4.82. The molecule has 1 aromatic carbocycles. The summed E-state index contributed by atoms with van der Waals surface area (Å²) in [6.45, 7) is 6.67. The van der Waals surface area contributed by atoms with Crippen LogP contribution in [0, 0.1) is 40.4 Å². The molecule has 0 unspecified atom stereocenters. The first-order chi connectivity index (χ1) is 11.4. The van der Waals surface area contributed by atoms with E-state index in [-0.39, 0.29) is 0 Å². The van der Waals surface area contributed by atoms with Gasteiger partial charge in [0.2, 0.25) is 0 Å². The lowest BCUT2D eigenvalue weighted by atomic mass is 9.51. The molecular formula is C21H27NOS. The number of nitriles is 1. The van der Waals surface area contributed by atoms with E-state index in [2.05, 4.69) is 69.3 Å². The quantitative estimate of drug-likeness (QED) is 0.470. The van der Waals surface area contributed by atoms with Gasteiger partial charge in [-0.25, -0.2) is 0 Å². The summed E-state index contributed by atoms with van der Waals surface area (Å²) in [6.07, 6.45) is 5.86. The van der Waals surface area contributed by atoms with E-state index in [1.165, 1.54) is 4.90 Å².